The molecule has 1 aromatic heterocycles. The van der Waals surface area contributed by atoms with Gasteiger partial charge in [-0.2, -0.15) is 0 Å². The van der Waals surface area contributed by atoms with E-state index in [-0.39, 0.29) is 5.97 Å². The third-order valence-corrected chi connectivity index (χ3v) is 2.94. The lowest BCUT2D eigenvalue weighted by atomic mass is 10.2. The van der Waals surface area contributed by atoms with Crippen LogP contribution in [-0.4, -0.2) is 68.2 Å². The van der Waals surface area contributed by atoms with Crippen molar-refractivity contribution in [2.24, 2.45) is 5.73 Å². The summed E-state index contributed by atoms with van der Waals surface area (Å²) in [6.45, 7) is 2.12. The average molecular weight is 350 g/mol. The van der Waals surface area contributed by atoms with Crippen LogP contribution in [0.1, 0.15) is 12.6 Å². The number of nitrogens with zero attached hydrogens (tertiary/aromatic N) is 1. The second-order valence-electron chi connectivity index (χ2n) is 4.11. The number of carboxylic acid groups (broad SMARTS) is 2. The third kappa shape index (κ3) is 8.21. The Hall–Kier alpha value is -2.08. The van der Waals surface area contributed by atoms with Crippen LogP contribution < -0.4 is 5.73 Å². The highest BCUT2D eigenvalue weighted by atomic mass is 32.1. The molecule has 0 unspecified atom stereocenters. The first-order valence-corrected chi connectivity index (χ1v) is 7.26. The molecule has 1 rings (SSSR count). The minimum absolute atomic E-state index is 0.365. The number of esters is 1. The van der Waals surface area contributed by atoms with Gasteiger partial charge < -0.3 is 30.9 Å². The van der Waals surface area contributed by atoms with Crippen LogP contribution in [0.2, 0.25) is 0 Å². The molecular formula is C12H18N2O8S. The molecule has 1 aromatic rings. The molecule has 0 aromatic carbocycles. The predicted molar refractivity (Wildman–Crippen MR) is 77.7 cm³/mol. The van der Waals surface area contributed by atoms with E-state index >= 15 is 0 Å². The molecule has 0 fully saturated rings. The van der Waals surface area contributed by atoms with Crippen LogP contribution in [0, 0.1) is 0 Å². The van der Waals surface area contributed by atoms with Gasteiger partial charge in [-0.25, -0.2) is 14.6 Å². The van der Waals surface area contributed by atoms with Gasteiger partial charge in [0.15, 0.2) is 12.2 Å². The molecule has 6 N–H and O–H groups in total. The van der Waals surface area contributed by atoms with Gasteiger partial charge in [-0.15, -0.1) is 11.3 Å². The number of aliphatic hydroxyl groups is 2. The van der Waals surface area contributed by atoms with E-state index in [0.717, 1.165) is 5.69 Å². The Bertz CT molecular complexity index is 489. The fourth-order valence-corrected chi connectivity index (χ4v) is 1.74. The molecule has 0 amide bonds. The molecular weight excluding hydrogens is 332 g/mol. The lowest BCUT2D eigenvalue weighted by molar-refractivity contribution is -0.165. The number of thiazole rings is 1. The first kappa shape index (κ1) is 20.9. The molecule has 23 heavy (non-hydrogen) atoms. The highest BCUT2D eigenvalue weighted by Gasteiger charge is 2.29. The number of hydrogen-bond acceptors (Lipinski definition) is 9. The molecule has 0 aliphatic heterocycles. The van der Waals surface area contributed by atoms with Crippen molar-refractivity contribution >= 4 is 29.2 Å². The van der Waals surface area contributed by atoms with Gasteiger partial charge in [0.1, 0.15) is 6.04 Å². The largest absolute Gasteiger partial charge is 0.479 e. The number of aromatic nitrogens is 1. The van der Waals surface area contributed by atoms with Crippen molar-refractivity contribution in [1.82, 2.24) is 4.98 Å². The van der Waals surface area contributed by atoms with E-state index in [1.54, 1.807) is 12.4 Å². The fraction of sp³-hybridized carbons (Fsp3) is 0.500. The molecule has 0 aliphatic rings. The number of aliphatic carboxylic acids is 2. The lowest BCUT2D eigenvalue weighted by Gasteiger charge is -2.08. The second kappa shape index (κ2) is 10.6. The average Bonchev–Trinajstić information content (AvgIpc) is 2.99. The van der Waals surface area contributed by atoms with Crippen molar-refractivity contribution in [3.05, 3.63) is 16.6 Å². The Balaban J connectivity index is 0.000000438. The molecule has 0 saturated heterocycles. The predicted octanol–water partition coefficient (Wildman–Crippen LogP) is -1.55. The van der Waals surface area contributed by atoms with Crippen LogP contribution in [0.25, 0.3) is 0 Å². The van der Waals surface area contributed by atoms with Crippen molar-refractivity contribution in [3.63, 3.8) is 0 Å². The maximum atomic E-state index is 11.1. The minimum Gasteiger partial charge on any atom is -0.479 e. The number of carbonyl (C=O) groups excluding carboxylic acids is 1. The molecule has 130 valence electrons. The lowest BCUT2D eigenvalue weighted by Crippen LogP contribution is -2.39. The van der Waals surface area contributed by atoms with Crippen molar-refractivity contribution in [1.29, 1.82) is 0 Å². The van der Waals surface area contributed by atoms with Gasteiger partial charge in [0.05, 0.1) is 17.8 Å². The number of aliphatic hydroxyl groups excluding tert-OH is 2. The minimum atomic E-state index is -2.27. The maximum absolute atomic E-state index is 11.1. The summed E-state index contributed by atoms with van der Waals surface area (Å²) in [5.74, 6) is -3.90. The highest BCUT2D eigenvalue weighted by molar-refractivity contribution is 7.07. The van der Waals surface area contributed by atoms with Gasteiger partial charge in [0.2, 0.25) is 0 Å². The van der Waals surface area contributed by atoms with Gasteiger partial charge in [0, 0.05) is 11.8 Å². The van der Waals surface area contributed by atoms with E-state index in [0.29, 0.717) is 13.0 Å². The summed E-state index contributed by atoms with van der Waals surface area (Å²) in [4.78, 5) is 34.7. The summed E-state index contributed by atoms with van der Waals surface area (Å²) in [5, 5.41) is 34.4. The topological polar surface area (TPSA) is 180 Å². The molecule has 0 aliphatic carbocycles. The number of ether oxygens (including phenoxy) is 1. The smallest absolute Gasteiger partial charge is 0.335 e. The third-order valence-electron chi connectivity index (χ3n) is 2.31. The molecule has 10 nitrogen and oxygen atoms in total. The Morgan fingerprint density at radius 1 is 1.26 bits per heavy atom. The second-order valence-corrected chi connectivity index (χ2v) is 4.83. The number of nitrogens with two attached hydrogens (primary N) is 1. The van der Waals surface area contributed by atoms with Crippen molar-refractivity contribution < 1.29 is 39.5 Å². The summed E-state index contributed by atoms with van der Waals surface area (Å²) in [6.07, 6.45) is -4.09. The normalized spacial score (nSPS) is 13.9. The SMILES string of the molecule is CCOC(=O)[C@@H](N)Cc1cscn1.O=C(O)[C@H](O)[C@@H](O)C(=O)O. The first-order valence-electron chi connectivity index (χ1n) is 6.31. The number of hydrogen-bond donors (Lipinski definition) is 5. The van der Waals surface area contributed by atoms with Crippen LogP contribution in [0.3, 0.4) is 0 Å². The summed E-state index contributed by atoms with van der Waals surface area (Å²) >= 11 is 1.49. The molecule has 0 saturated carbocycles. The number of carbonyl (C=O) groups is 3. The van der Waals surface area contributed by atoms with E-state index < -0.39 is 30.2 Å². The Labute approximate surface area is 135 Å². The van der Waals surface area contributed by atoms with Gasteiger partial charge in [-0.1, -0.05) is 0 Å². The van der Waals surface area contributed by atoms with Gasteiger partial charge in [-0.3, -0.25) is 4.79 Å². The summed E-state index contributed by atoms with van der Waals surface area (Å²) < 4.78 is 4.76. The summed E-state index contributed by atoms with van der Waals surface area (Å²) in [6, 6.07) is -0.595. The zero-order valence-electron chi connectivity index (χ0n) is 12.2. The van der Waals surface area contributed by atoms with E-state index in [9.17, 15) is 14.4 Å². The van der Waals surface area contributed by atoms with Gasteiger partial charge in [0.25, 0.3) is 0 Å². The highest BCUT2D eigenvalue weighted by Crippen LogP contribution is 2.04. The van der Waals surface area contributed by atoms with Crippen molar-refractivity contribution in [2.45, 2.75) is 31.6 Å². The Morgan fingerprint density at radius 2 is 1.78 bits per heavy atom. The maximum Gasteiger partial charge on any atom is 0.335 e. The van der Waals surface area contributed by atoms with Crippen LogP contribution in [-0.2, 0) is 25.5 Å². The quantitative estimate of drug-likeness (QED) is 0.361. The number of carboxylic acids is 2. The van der Waals surface area contributed by atoms with E-state index in [4.69, 9.17) is 30.9 Å². The number of rotatable bonds is 7. The van der Waals surface area contributed by atoms with Crippen LogP contribution in [0.4, 0.5) is 0 Å². The fourth-order valence-electron chi connectivity index (χ4n) is 1.17. The molecule has 1 heterocycles. The van der Waals surface area contributed by atoms with E-state index in [2.05, 4.69) is 4.98 Å². The van der Waals surface area contributed by atoms with Crippen molar-refractivity contribution in [2.75, 3.05) is 6.61 Å². The zero-order chi connectivity index (χ0) is 18.0. The zero-order valence-corrected chi connectivity index (χ0v) is 13.0. The Kier molecular flexibility index (Phi) is 9.65. The van der Waals surface area contributed by atoms with Crippen LogP contribution in [0.15, 0.2) is 10.9 Å². The van der Waals surface area contributed by atoms with Gasteiger partial charge in [-0.05, 0) is 6.92 Å². The summed E-state index contributed by atoms with van der Waals surface area (Å²) in [7, 11) is 0. The van der Waals surface area contributed by atoms with Crippen molar-refractivity contribution in [3.8, 4) is 0 Å². The first-order chi connectivity index (χ1) is 10.7. The molecule has 0 bridgehead atoms. The molecule has 0 spiro atoms. The van der Waals surface area contributed by atoms with Gasteiger partial charge >= 0.3 is 17.9 Å². The molecule has 11 heteroatoms. The Morgan fingerprint density at radius 3 is 2.13 bits per heavy atom. The molecule has 3 atom stereocenters. The standard InChI is InChI=1S/C8H12N2O2S.C4H6O6/c1-2-12-8(11)7(9)3-6-4-13-5-10-6;5-1(3(7)8)2(6)4(9)10/h4-5,7H,2-3,9H2,1H3;1-2,5-6H,(H,7,8)(H,9,10)/t7-;1-,2-/m01/s1. The van der Waals surface area contributed by atoms with Crippen LogP contribution in [0.5, 0.6) is 0 Å². The monoisotopic (exact) mass is 350 g/mol. The van der Waals surface area contributed by atoms with Crippen LogP contribution >= 0.6 is 11.3 Å². The van der Waals surface area contributed by atoms with E-state index in [1.807, 2.05) is 5.38 Å². The summed E-state index contributed by atoms with van der Waals surface area (Å²) in [5.41, 5.74) is 8.14. The molecule has 0 radical (unpaired) electrons. The van der Waals surface area contributed by atoms with E-state index in [1.165, 1.54) is 11.3 Å².